The van der Waals surface area contributed by atoms with Gasteiger partial charge in [0.15, 0.2) is 17.1 Å². The zero-order chi connectivity index (χ0) is 25.4. The number of fused-ring (bicyclic) bond motifs is 5. The van der Waals surface area contributed by atoms with Crippen LogP contribution in [0.25, 0.3) is 11.1 Å². The van der Waals surface area contributed by atoms with E-state index >= 15 is 0 Å². The molecule has 0 saturated carbocycles. The van der Waals surface area contributed by atoms with Gasteiger partial charge in [-0.15, -0.1) is 0 Å². The number of para-hydroxylation sites is 2. The Morgan fingerprint density at radius 2 is 1.62 bits per heavy atom. The standard InChI is InChI=1S/C29H28N2O6/c32-24-10-7-19-11-13-30(28(33)17-31-23-5-1-2-6-25(23)37-29(31)34)12-3-4-20-15-26-27(36-18-35-26)16-21(20)8-9-22(24)14-19/h1-2,5-7,10,14-16,32H,3-4,8-9,11-13,17-18H2. The summed E-state index contributed by atoms with van der Waals surface area (Å²) in [6.07, 6.45) is 3.66. The van der Waals surface area contributed by atoms with E-state index in [0.29, 0.717) is 37.0 Å². The number of aromatic hydroxyl groups is 1. The predicted molar refractivity (Wildman–Crippen MR) is 137 cm³/mol. The van der Waals surface area contributed by atoms with E-state index in [-0.39, 0.29) is 25.0 Å². The average molecular weight is 501 g/mol. The SMILES string of the molecule is O=C(Cn1c(=O)oc2ccccc21)N1CCCc2cc3c(cc2CCc2cc(ccc2O)CC1)OCO3. The zero-order valence-electron chi connectivity index (χ0n) is 20.4. The summed E-state index contributed by atoms with van der Waals surface area (Å²) in [7, 11) is 0. The largest absolute Gasteiger partial charge is 0.508 e. The fourth-order valence-electron chi connectivity index (χ4n) is 5.24. The van der Waals surface area contributed by atoms with Gasteiger partial charge in [0.25, 0.3) is 0 Å². The van der Waals surface area contributed by atoms with Crippen LogP contribution in [0.2, 0.25) is 0 Å². The van der Waals surface area contributed by atoms with Crippen molar-refractivity contribution in [2.45, 2.75) is 38.6 Å². The van der Waals surface area contributed by atoms with Gasteiger partial charge in [-0.2, -0.15) is 0 Å². The average Bonchev–Trinajstić information content (AvgIpc) is 3.48. The third kappa shape index (κ3) is 4.67. The van der Waals surface area contributed by atoms with Gasteiger partial charge in [-0.1, -0.05) is 24.3 Å². The number of carbonyl (C=O) groups is 1. The van der Waals surface area contributed by atoms with Crippen molar-refractivity contribution in [1.82, 2.24) is 9.47 Å². The minimum absolute atomic E-state index is 0.0774. The number of amides is 1. The van der Waals surface area contributed by atoms with E-state index in [0.717, 1.165) is 53.0 Å². The van der Waals surface area contributed by atoms with Gasteiger partial charge in [-0.3, -0.25) is 9.36 Å². The van der Waals surface area contributed by atoms with E-state index in [4.69, 9.17) is 13.9 Å². The Kier molecular flexibility index (Phi) is 6.08. The maximum atomic E-state index is 13.5. The van der Waals surface area contributed by atoms with Crippen LogP contribution in [0.5, 0.6) is 17.2 Å². The molecule has 8 nitrogen and oxygen atoms in total. The molecule has 37 heavy (non-hydrogen) atoms. The number of benzene rings is 3. The van der Waals surface area contributed by atoms with Gasteiger partial charge in [0.1, 0.15) is 12.3 Å². The van der Waals surface area contributed by atoms with Crippen molar-refractivity contribution in [2.75, 3.05) is 19.9 Å². The molecule has 1 N–H and O–H groups in total. The van der Waals surface area contributed by atoms with Crippen LogP contribution in [0.15, 0.2) is 63.8 Å². The Hall–Kier alpha value is -4.20. The Labute approximate surface area is 213 Å². The van der Waals surface area contributed by atoms with Crippen LogP contribution >= 0.6 is 0 Å². The maximum absolute atomic E-state index is 13.5. The molecule has 1 amide bonds. The van der Waals surface area contributed by atoms with E-state index in [1.54, 1.807) is 24.3 Å². The lowest BCUT2D eigenvalue weighted by molar-refractivity contribution is -0.132. The lowest BCUT2D eigenvalue weighted by atomic mass is 9.95. The van der Waals surface area contributed by atoms with E-state index in [2.05, 4.69) is 0 Å². The summed E-state index contributed by atoms with van der Waals surface area (Å²) in [5, 5.41) is 10.5. The number of rotatable bonds is 2. The first-order chi connectivity index (χ1) is 18.0. The molecule has 0 spiro atoms. The first-order valence-corrected chi connectivity index (χ1v) is 12.6. The summed E-state index contributed by atoms with van der Waals surface area (Å²) < 4.78 is 17.9. The van der Waals surface area contributed by atoms with Crippen LogP contribution in [0, 0.1) is 0 Å². The highest BCUT2D eigenvalue weighted by Gasteiger charge is 2.21. The molecule has 2 aliphatic rings. The van der Waals surface area contributed by atoms with Crippen LogP contribution in [0.4, 0.5) is 0 Å². The maximum Gasteiger partial charge on any atom is 0.420 e. The number of ether oxygens (including phenoxy) is 2. The molecule has 2 aliphatic heterocycles. The Morgan fingerprint density at radius 1 is 0.865 bits per heavy atom. The topological polar surface area (TPSA) is 94.1 Å². The number of oxazole rings is 1. The van der Waals surface area contributed by atoms with Crippen molar-refractivity contribution in [2.24, 2.45) is 0 Å². The van der Waals surface area contributed by atoms with Crippen molar-refractivity contribution in [1.29, 1.82) is 0 Å². The molecule has 0 radical (unpaired) electrons. The van der Waals surface area contributed by atoms with Crippen molar-refractivity contribution in [3.63, 3.8) is 0 Å². The molecule has 6 rings (SSSR count). The summed E-state index contributed by atoms with van der Waals surface area (Å²) in [5.41, 5.74) is 5.33. The van der Waals surface area contributed by atoms with Crippen LogP contribution in [-0.2, 0) is 37.0 Å². The number of phenolic OH excluding ortho intramolecular Hbond substituents is 1. The molecule has 0 aliphatic carbocycles. The molecular formula is C29H28N2O6. The van der Waals surface area contributed by atoms with E-state index in [1.807, 2.05) is 35.2 Å². The fourth-order valence-corrected chi connectivity index (χ4v) is 5.24. The summed E-state index contributed by atoms with van der Waals surface area (Å²) in [4.78, 5) is 27.8. The molecule has 3 heterocycles. The number of hydrogen-bond donors (Lipinski definition) is 1. The van der Waals surface area contributed by atoms with E-state index in [9.17, 15) is 14.7 Å². The molecule has 190 valence electrons. The molecular weight excluding hydrogens is 472 g/mol. The lowest BCUT2D eigenvalue weighted by Gasteiger charge is -2.23. The molecule has 4 aromatic rings. The molecule has 1 aromatic heterocycles. The molecule has 8 heteroatoms. The van der Waals surface area contributed by atoms with Gasteiger partial charge in [-0.25, -0.2) is 4.79 Å². The quantitative estimate of drug-likeness (QED) is 0.450. The molecule has 0 unspecified atom stereocenters. The van der Waals surface area contributed by atoms with Gasteiger partial charge in [-0.05, 0) is 84.7 Å². The number of phenols is 1. The fraction of sp³-hybridized carbons (Fsp3) is 0.310. The van der Waals surface area contributed by atoms with Crippen molar-refractivity contribution < 1.29 is 23.8 Å². The number of aryl methyl sites for hydroxylation is 3. The van der Waals surface area contributed by atoms with Gasteiger partial charge in [0.05, 0.1) is 5.52 Å². The highest BCUT2D eigenvalue weighted by atomic mass is 16.7. The Balaban J connectivity index is 1.30. The minimum Gasteiger partial charge on any atom is -0.508 e. The Bertz CT molecular complexity index is 1540. The molecule has 0 fully saturated rings. The molecule has 3 aromatic carbocycles. The number of nitrogens with zero attached hydrogens (tertiary/aromatic N) is 2. The molecule has 2 bridgehead atoms. The summed E-state index contributed by atoms with van der Waals surface area (Å²) in [6.45, 7) is 1.21. The summed E-state index contributed by atoms with van der Waals surface area (Å²) >= 11 is 0. The van der Waals surface area contributed by atoms with Crippen LogP contribution < -0.4 is 15.2 Å². The van der Waals surface area contributed by atoms with Gasteiger partial charge in [0, 0.05) is 13.1 Å². The number of aromatic nitrogens is 1. The Morgan fingerprint density at radius 3 is 2.46 bits per heavy atom. The van der Waals surface area contributed by atoms with Crippen LogP contribution in [0.1, 0.15) is 28.7 Å². The second-order valence-corrected chi connectivity index (χ2v) is 9.59. The molecule has 0 saturated heterocycles. The number of hydrogen-bond acceptors (Lipinski definition) is 6. The predicted octanol–water partition coefficient (Wildman–Crippen LogP) is 3.83. The highest BCUT2D eigenvalue weighted by Crippen LogP contribution is 2.36. The third-order valence-corrected chi connectivity index (χ3v) is 7.27. The lowest BCUT2D eigenvalue weighted by Crippen LogP contribution is -2.38. The van der Waals surface area contributed by atoms with E-state index < -0.39 is 5.76 Å². The van der Waals surface area contributed by atoms with Gasteiger partial charge < -0.3 is 23.9 Å². The van der Waals surface area contributed by atoms with Crippen molar-refractivity contribution >= 4 is 17.0 Å². The van der Waals surface area contributed by atoms with E-state index in [1.165, 1.54) is 4.57 Å². The second-order valence-electron chi connectivity index (χ2n) is 9.59. The van der Waals surface area contributed by atoms with Crippen LogP contribution in [0.3, 0.4) is 0 Å². The molecule has 0 atom stereocenters. The third-order valence-electron chi connectivity index (χ3n) is 7.27. The summed E-state index contributed by atoms with van der Waals surface area (Å²) in [5.74, 6) is 1.10. The monoisotopic (exact) mass is 500 g/mol. The van der Waals surface area contributed by atoms with Crippen molar-refractivity contribution in [3.05, 3.63) is 87.4 Å². The van der Waals surface area contributed by atoms with Crippen LogP contribution in [-0.4, -0.2) is 40.4 Å². The zero-order valence-corrected chi connectivity index (χ0v) is 20.4. The first kappa shape index (κ1) is 23.2. The minimum atomic E-state index is -0.534. The van der Waals surface area contributed by atoms with Crippen molar-refractivity contribution in [3.8, 4) is 17.2 Å². The first-order valence-electron chi connectivity index (χ1n) is 12.6. The summed E-state index contributed by atoms with van der Waals surface area (Å²) in [6, 6.07) is 16.9. The normalized spacial score (nSPS) is 15.5. The highest BCUT2D eigenvalue weighted by molar-refractivity contribution is 5.79. The smallest absolute Gasteiger partial charge is 0.420 e. The van der Waals surface area contributed by atoms with Gasteiger partial charge in [0.2, 0.25) is 12.7 Å². The second kappa shape index (κ2) is 9.69. The van der Waals surface area contributed by atoms with Gasteiger partial charge >= 0.3 is 5.76 Å². The number of carbonyl (C=O) groups excluding carboxylic acids is 1.